The molecule has 0 aromatic carbocycles. The van der Waals surface area contributed by atoms with Crippen molar-refractivity contribution in [1.29, 1.82) is 0 Å². The Morgan fingerprint density at radius 2 is 0.476 bits per heavy atom. The van der Waals surface area contributed by atoms with Crippen LogP contribution in [0, 0.1) is 0 Å². The van der Waals surface area contributed by atoms with Crippen molar-refractivity contribution in [3.8, 4) is 0 Å². The van der Waals surface area contributed by atoms with Gasteiger partial charge in [-0.3, -0.25) is 14.4 Å². The Hall–Kier alpha value is -3.15. The number of hydrogen-bond acceptors (Lipinski definition) is 6. The second-order valence-electron chi connectivity index (χ2n) is 24.1. The lowest BCUT2D eigenvalue weighted by molar-refractivity contribution is -0.167. The lowest BCUT2D eigenvalue weighted by Crippen LogP contribution is -2.30. The number of esters is 3. The van der Waals surface area contributed by atoms with E-state index in [9.17, 15) is 14.4 Å². The van der Waals surface area contributed by atoms with Crippen molar-refractivity contribution in [2.75, 3.05) is 13.2 Å². The summed E-state index contributed by atoms with van der Waals surface area (Å²) in [5.74, 6) is -0.848. The van der Waals surface area contributed by atoms with Crippen LogP contribution in [0.25, 0.3) is 0 Å². The van der Waals surface area contributed by atoms with Crippen LogP contribution in [-0.2, 0) is 28.6 Å². The minimum Gasteiger partial charge on any atom is -0.462 e. The highest BCUT2D eigenvalue weighted by Gasteiger charge is 2.19. The molecule has 0 saturated heterocycles. The van der Waals surface area contributed by atoms with Crippen LogP contribution in [0.1, 0.15) is 374 Å². The van der Waals surface area contributed by atoms with Gasteiger partial charge in [0, 0.05) is 19.3 Å². The first-order valence-corrected chi connectivity index (χ1v) is 35.9. The Morgan fingerprint density at radius 3 is 0.744 bits per heavy atom. The predicted molar refractivity (Wildman–Crippen MR) is 358 cm³/mol. The first-order valence-electron chi connectivity index (χ1n) is 35.9. The molecule has 0 bridgehead atoms. The van der Waals surface area contributed by atoms with Gasteiger partial charge < -0.3 is 14.2 Å². The van der Waals surface area contributed by atoms with E-state index in [4.69, 9.17) is 14.2 Å². The van der Waals surface area contributed by atoms with Gasteiger partial charge in [-0.1, -0.05) is 357 Å². The number of unbranched alkanes of at least 4 members (excludes halogenated alkanes) is 43. The lowest BCUT2D eigenvalue weighted by Gasteiger charge is -2.18. The summed E-state index contributed by atoms with van der Waals surface area (Å²) in [6.45, 7) is 6.59. The highest BCUT2D eigenvalue weighted by Crippen LogP contribution is 2.18. The fourth-order valence-corrected chi connectivity index (χ4v) is 10.6. The summed E-state index contributed by atoms with van der Waals surface area (Å²) < 4.78 is 17.0. The van der Waals surface area contributed by atoms with Crippen molar-refractivity contribution in [3.05, 3.63) is 72.9 Å². The molecule has 0 aromatic heterocycles. The number of rotatable bonds is 66. The first-order chi connectivity index (χ1) is 40.5. The van der Waals surface area contributed by atoms with E-state index in [0.29, 0.717) is 19.3 Å². The van der Waals surface area contributed by atoms with Crippen LogP contribution < -0.4 is 0 Å². The second-order valence-corrected chi connectivity index (χ2v) is 24.1. The zero-order chi connectivity index (χ0) is 59.2. The Kier molecular flexibility index (Phi) is 67.6. The molecule has 0 saturated carbocycles. The maximum Gasteiger partial charge on any atom is 0.306 e. The van der Waals surface area contributed by atoms with Gasteiger partial charge in [0.2, 0.25) is 0 Å². The molecule has 0 aromatic rings. The highest BCUT2D eigenvalue weighted by atomic mass is 16.6. The topological polar surface area (TPSA) is 78.9 Å². The van der Waals surface area contributed by atoms with Gasteiger partial charge >= 0.3 is 17.9 Å². The second kappa shape index (κ2) is 70.3. The van der Waals surface area contributed by atoms with E-state index >= 15 is 0 Å². The molecule has 0 aliphatic carbocycles. The average Bonchev–Trinajstić information content (AvgIpc) is 3.47. The fourth-order valence-electron chi connectivity index (χ4n) is 10.6. The van der Waals surface area contributed by atoms with E-state index in [1.165, 1.54) is 238 Å². The summed E-state index contributed by atoms with van der Waals surface area (Å²) in [4.78, 5) is 38.5. The molecule has 0 heterocycles. The maximum absolute atomic E-state index is 13.0. The van der Waals surface area contributed by atoms with Crippen molar-refractivity contribution >= 4 is 17.9 Å². The molecule has 0 amide bonds. The molecule has 476 valence electrons. The van der Waals surface area contributed by atoms with Crippen molar-refractivity contribution in [1.82, 2.24) is 0 Å². The third-order valence-corrected chi connectivity index (χ3v) is 16.0. The average molecular weight is 1150 g/mol. The van der Waals surface area contributed by atoms with Gasteiger partial charge in [0.15, 0.2) is 6.10 Å². The van der Waals surface area contributed by atoms with E-state index in [1.807, 2.05) is 0 Å². The SMILES string of the molecule is CC/C=C\C/C=C\C/C=C\C/C=C\C/C=C\C/C=C\CCCCCCCCCCCCC(=O)OCC(COC(=O)CCCCCCCCCCCCCCCCCC)OC(=O)CCCCCCCCCCCCCCCCCCCCC. The number of carbonyl (C=O) groups is 3. The summed E-state index contributed by atoms with van der Waals surface area (Å²) in [7, 11) is 0. The summed E-state index contributed by atoms with van der Waals surface area (Å²) in [5, 5.41) is 0. The molecule has 0 aliphatic rings. The van der Waals surface area contributed by atoms with Gasteiger partial charge in [0.25, 0.3) is 0 Å². The van der Waals surface area contributed by atoms with Gasteiger partial charge in [0.05, 0.1) is 0 Å². The monoisotopic (exact) mass is 1150 g/mol. The molecule has 0 aliphatic heterocycles. The molecule has 0 radical (unpaired) electrons. The molecule has 0 rings (SSSR count). The van der Waals surface area contributed by atoms with Crippen LogP contribution in [0.15, 0.2) is 72.9 Å². The molecule has 0 N–H and O–H groups in total. The maximum atomic E-state index is 13.0. The summed E-state index contributed by atoms with van der Waals surface area (Å²) in [6, 6.07) is 0. The van der Waals surface area contributed by atoms with Gasteiger partial charge in [-0.05, 0) is 70.6 Å². The van der Waals surface area contributed by atoms with Gasteiger partial charge in [0.1, 0.15) is 13.2 Å². The molecule has 6 nitrogen and oxygen atoms in total. The fraction of sp³-hybridized carbons (Fsp3) is 0.803. The third-order valence-electron chi connectivity index (χ3n) is 16.0. The standard InChI is InChI=1S/C76H136O6/c1-4-7-10-13-16-19-22-25-28-31-33-34-35-36-37-38-39-40-41-42-44-45-48-51-54-57-60-63-66-69-75(78)81-72-73(71-80-74(77)68-65-62-59-56-53-50-47-30-27-24-21-18-15-12-9-6-3)82-76(79)70-67-64-61-58-55-52-49-46-43-32-29-26-23-20-17-14-11-8-5-2/h7,10,16,19,25,28,33-34,36-37,39-40,73H,4-6,8-9,11-15,17-18,20-24,26-27,29-32,35,38,41-72H2,1-3H3/b10-7-,19-16-,28-25-,34-33-,37-36-,40-39-. The van der Waals surface area contributed by atoms with E-state index in [0.717, 1.165) is 96.3 Å². The summed E-state index contributed by atoms with van der Waals surface area (Å²) in [5.41, 5.74) is 0. The van der Waals surface area contributed by atoms with E-state index in [2.05, 4.69) is 93.7 Å². The lowest BCUT2D eigenvalue weighted by atomic mass is 10.0. The van der Waals surface area contributed by atoms with E-state index < -0.39 is 6.10 Å². The van der Waals surface area contributed by atoms with Gasteiger partial charge in [-0.25, -0.2) is 0 Å². The quantitative estimate of drug-likeness (QED) is 0.0261. The predicted octanol–water partition coefficient (Wildman–Crippen LogP) is 24.8. The zero-order valence-corrected chi connectivity index (χ0v) is 54.8. The van der Waals surface area contributed by atoms with Crippen LogP contribution >= 0.6 is 0 Å². The Balaban J connectivity index is 4.29. The molecular formula is C76H136O6. The minimum absolute atomic E-state index is 0.0701. The molecule has 6 heteroatoms. The van der Waals surface area contributed by atoms with Crippen molar-refractivity contribution in [2.45, 2.75) is 380 Å². The zero-order valence-electron chi connectivity index (χ0n) is 54.8. The van der Waals surface area contributed by atoms with Crippen LogP contribution in [0.5, 0.6) is 0 Å². The first kappa shape index (κ1) is 78.8. The smallest absolute Gasteiger partial charge is 0.306 e. The van der Waals surface area contributed by atoms with Crippen LogP contribution in [0.3, 0.4) is 0 Å². The van der Waals surface area contributed by atoms with E-state index in [1.54, 1.807) is 0 Å². The van der Waals surface area contributed by atoms with Gasteiger partial charge in [-0.15, -0.1) is 0 Å². The molecule has 0 spiro atoms. The number of hydrogen-bond donors (Lipinski definition) is 0. The van der Waals surface area contributed by atoms with E-state index in [-0.39, 0.29) is 31.1 Å². The summed E-state index contributed by atoms with van der Waals surface area (Å²) >= 11 is 0. The largest absolute Gasteiger partial charge is 0.462 e. The summed E-state index contributed by atoms with van der Waals surface area (Å²) in [6.07, 6.45) is 92.1. The molecular weight excluding hydrogens is 1010 g/mol. The molecule has 1 unspecified atom stereocenters. The normalized spacial score (nSPS) is 12.5. The Labute approximate surface area is 510 Å². The highest BCUT2D eigenvalue weighted by molar-refractivity contribution is 5.71. The molecule has 1 atom stereocenters. The Morgan fingerprint density at radius 1 is 0.256 bits per heavy atom. The van der Waals surface area contributed by atoms with Crippen LogP contribution in [0.2, 0.25) is 0 Å². The molecule has 82 heavy (non-hydrogen) atoms. The minimum atomic E-state index is -0.775. The third kappa shape index (κ3) is 67.6. The van der Waals surface area contributed by atoms with Gasteiger partial charge in [-0.2, -0.15) is 0 Å². The number of ether oxygens (including phenoxy) is 3. The van der Waals surface area contributed by atoms with Crippen molar-refractivity contribution in [2.24, 2.45) is 0 Å². The van der Waals surface area contributed by atoms with Crippen molar-refractivity contribution < 1.29 is 28.6 Å². The Bertz CT molecular complexity index is 1500. The molecule has 0 fully saturated rings. The van der Waals surface area contributed by atoms with Crippen LogP contribution in [0.4, 0.5) is 0 Å². The van der Waals surface area contributed by atoms with Crippen LogP contribution in [-0.4, -0.2) is 37.2 Å². The van der Waals surface area contributed by atoms with Crippen molar-refractivity contribution in [3.63, 3.8) is 0 Å². The number of carbonyl (C=O) groups excluding carboxylic acids is 3. The number of allylic oxidation sites excluding steroid dienone is 12.